The Morgan fingerprint density at radius 1 is 1.43 bits per heavy atom. The summed E-state index contributed by atoms with van der Waals surface area (Å²) >= 11 is 8.91. The monoisotopic (exact) mass is 273 g/mol. The summed E-state index contributed by atoms with van der Waals surface area (Å²) in [6, 6.07) is 5.03. The number of halogens is 2. The first kappa shape index (κ1) is 9.55. The Morgan fingerprint density at radius 3 is 2.86 bits per heavy atom. The van der Waals surface area contributed by atoms with Crippen molar-refractivity contribution < 1.29 is 5.11 Å². The second kappa shape index (κ2) is 3.29. The number of benzene rings is 1. The van der Waals surface area contributed by atoms with Crippen LogP contribution in [-0.4, -0.2) is 10.1 Å². The average molecular weight is 275 g/mol. The summed E-state index contributed by atoms with van der Waals surface area (Å²) in [5.41, 5.74) is 0.0545. The predicted octanol–water partition coefficient (Wildman–Crippen LogP) is 2.65. The molecular formula is C9H5BrClNO2. The van der Waals surface area contributed by atoms with E-state index in [1.54, 1.807) is 18.2 Å². The maximum Gasteiger partial charge on any atom is 0.291 e. The topological polar surface area (TPSA) is 53.1 Å². The van der Waals surface area contributed by atoms with Gasteiger partial charge in [0.15, 0.2) is 5.75 Å². The zero-order chi connectivity index (χ0) is 10.3. The summed E-state index contributed by atoms with van der Waals surface area (Å²) in [4.78, 5) is 13.7. The molecule has 0 saturated heterocycles. The van der Waals surface area contributed by atoms with Crippen molar-refractivity contribution in [2.75, 3.05) is 0 Å². The first-order valence-corrected chi connectivity index (χ1v) is 4.96. The Balaban J connectivity index is 2.98. The summed E-state index contributed by atoms with van der Waals surface area (Å²) in [6.45, 7) is 0. The molecule has 2 aromatic rings. The van der Waals surface area contributed by atoms with Gasteiger partial charge in [-0.3, -0.25) is 4.79 Å². The van der Waals surface area contributed by atoms with Crippen LogP contribution >= 0.6 is 27.5 Å². The molecule has 1 heterocycles. The van der Waals surface area contributed by atoms with Gasteiger partial charge in [-0.05, 0) is 28.1 Å². The van der Waals surface area contributed by atoms with E-state index >= 15 is 0 Å². The molecule has 0 fully saturated rings. The van der Waals surface area contributed by atoms with Crippen LogP contribution in [0.15, 0.2) is 27.5 Å². The minimum absolute atomic E-state index is 0.320. The molecule has 0 spiro atoms. The molecule has 0 radical (unpaired) electrons. The highest BCUT2D eigenvalue weighted by Gasteiger charge is 2.08. The van der Waals surface area contributed by atoms with Crippen LogP contribution in [0.3, 0.4) is 0 Å². The molecule has 14 heavy (non-hydrogen) atoms. The van der Waals surface area contributed by atoms with E-state index in [9.17, 15) is 9.90 Å². The lowest BCUT2D eigenvalue weighted by Gasteiger charge is -2.02. The van der Waals surface area contributed by atoms with Crippen LogP contribution in [0.2, 0.25) is 5.02 Å². The second-order valence-corrected chi connectivity index (χ2v) is 4.04. The van der Waals surface area contributed by atoms with E-state index in [2.05, 4.69) is 20.9 Å². The number of pyridine rings is 1. The number of hydrogen-bond acceptors (Lipinski definition) is 2. The van der Waals surface area contributed by atoms with Gasteiger partial charge in [0.1, 0.15) is 0 Å². The summed E-state index contributed by atoms with van der Waals surface area (Å²) in [6.07, 6.45) is 0. The Bertz CT molecular complexity index is 564. The molecule has 2 rings (SSSR count). The van der Waals surface area contributed by atoms with Gasteiger partial charge < -0.3 is 10.1 Å². The summed E-state index contributed by atoms with van der Waals surface area (Å²) in [5.74, 6) is -0.320. The molecule has 0 aliphatic rings. The van der Waals surface area contributed by atoms with Crippen LogP contribution in [0, 0.1) is 0 Å². The van der Waals surface area contributed by atoms with Gasteiger partial charge in [0.25, 0.3) is 5.56 Å². The van der Waals surface area contributed by atoms with Crippen molar-refractivity contribution in [3.8, 4) is 5.75 Å². The highest BCUT2D eigenvalue weighted by Crippen LogP contribution is 2.29. The maximum absolute atomic E-state index is 11.2. The molecule has 0 aliphatic heterocycles. The Kier molecular flexibility index (Phi) is 2.25. The van der Waals surface area contributed by atoms with Crippen molar-refractivity contribution in [1.29, 1.82) is 0 Å². The standard InChI is InChI=1S/C9H5BrClNO2/c10-7-5-2-1-4(11)3-6(5)12-9(14)8(7)13/h1-3,13H,(H,12,14). The lowest BCUT2D eigenvalue weighted by molar-refractivity contribution is 0.464. The van der Waals surface area contributed by atoms with E-state index in [1.807, 2.05) is 0 Å². The van der Waals surface area contributed by atoms with E-state index < -0.39 is 5.56 Å². The Morgan fingerprint density at radius 2 is 2.14 bits per heavy atom. The van der Waals surface area contributed by atoms with Crippen molar-refractivity contribution in [2.24, 2.45) is 0 Å². The quantitative estimate of drug-likeness (QED) is 0.776. The molecule has 1 aromatic heterocycles. The molecule has 0 saturated carbocycles. The van der Waals surface area contributed by atoms with Gasteiger partial charge in [0.2, 0.25) is 0 Å². The van der Waals surface area contributed by atoms with Crippen LogP contribution in [0.5, 0.6) is 5.75 Å². The lowest BCUT2D eigenvalue weighted by atomic mass is 10.2. The zero-order valence-electron chi connectivity index (χ0n) is 6.84. The van der Waals surface area contributed by atoms with Crippen LogP contribution < -0.4 is 5.56 Å². The summed E-state index contributed by atoms with van der Waals surface area (Å²) in [5, 5.41) is 10.6. The molecule has 1 aromatic carbocycles. The molecule has 5 heteroatoms. The van der Waals surface area contributed by atoms with Gasteiger partial charge >= 0.3 is 0 Å². The fourth-order valence-corrected chi connectivity index (χ4v) is 1.92. The van der Waals surface area contributed by atoms with Crippen molar-refractivity contribution in [2.45, 2.75) is 0 Å². The Hall–Kier alpha value is -1.00. The van der Waals surface area contributed by atoms with Gasteiger partial charge in [-0.1, -0.05) is 17.7 Å². The van der Waals surface area contributed by atoms with E-state index in [4.69, 9.17) is 11.6 Å². The third-order valence-electron chi connectivity index (χ3n) is 1.89. The number of hydrogen-bond donors (Lipinski definition) is 2. The van der Waals surface area contributed by atoms with Crippen LogP contribution in [0.25, 0.3) is 10.9 Å². The van der Waals surface area contributed by atoms with Crippen molar-refractivity contribution in [3.05, 3.63) is 38.0 Å². The number of rotatable bonds is 0. The number of aromatic nitrogens is 1. The van der Waals surface area contributed by atoms with Crippen molar-refractivity contribution >= 4 is 38.4 Å². The molecule has 72 valence electrons. The van der Waals surface area contributed by atoms with Crippen molar-refractivity contribution in [1.82, 2.24) is 4.98 Å². The van der Waals surface area contributed by atoms with Crippen LogP contribution in [-0.2, 0) is 0 Å². The first-order chi connectivity index (χ1) is 6.59. The molecule has 0 atom stereocenters. The highest BCUT2D eigenvalue weighted by molar-refractivity contribution is 9.10. The fourth-order valence-electron chi connectivity index (χ4n) is 1.22. The molecule has 3 nitrogen and oxygen atoms in total. The predicted molar refractivity (Wildman–Crippen MR) is 58.9 cm³/mol. The normalized spacial score (nSPS) is 10.7. The summed E-state index contributed by atoms with van der Waals surface area (Å²) in [7, 11) is 0. The molecule has 0 aliphatic carbocycles. The lowest BCUT2D eigenvalue weighted by Crippen LogP contribution is -2.05. The number of nitrogens with one attached hydrogen (secondary N) is 1. The van der Waals surface area contributed by atoms with Crippen LogP contribution in [0.4, 0.5) is 0 Å². The van der Waals surface area contributed by atoms with Gasteiger partial charge in [0.05, 0.1) is 9.99 Å². The minimum Gasteiger partial charge on any atom is -0.502 e. The van der Waals surface area contributed by atoms with E-state index in [-0.39, 0.29) is 5.75 Å². The van der Waals surface area contributed by atoms with Gasteiger partial charge in [-0.25, -0.2) is 0 Å². The van der Waals surface area contributed by atoms with Crippen molar-refractivity contribution in [3.63, 3.8) is 0 Å². The van der Waals surface area contributed by atoms with Gasteiger partial charge in [0, 0.05) is 10.4 Å². The maximum atomic E-state index is 11.2. The minimum atomic E-state index is -0.536. The van der Waals surface area contributed by atoms with Crippen LogP contribution in [0.1, 0.15) is 0 Å². The first-order valence-electron chi connectivity index (χ1n) is 3.79. The molecule has 2 N–H and O–H groups in total. The Labute approximate surface area is 92.5 Å². The number of H-pyrrole nitrogens is 1. The molecule has 0 bridgehead atoms. The van der Waals surface area contributed by atoms with Gasteiger partial charge in [-0.15, -0.1) is 0 Å². The summed E-state index contributed by atoms with van der Waals surface area (Å²) < 4.78 is 0.382. The van der Waals surface area contributed by atoms with E-state index in [1.165, 1.54) is 0 Å². The molecule has 0 unspecified atom stereocenters. The molecular weight excluding hydrogens is 269 g/mol. The zero-order valence-corrected chi connectivity index (χ0v) is 9.19. The number of fused-ring (bicyclic) bond motifs is 1. The number of aromatic hydroxyl groups is 1. The third kappa shape index (κ3) is 1.40. The SMILES string of the molecule is O=c1[nH]c2cc(Cl)ccc2c(Br)c1O. The largest absolute Gasteiger partial charge is 0.502 e. The smallest absolute Gasteiger partial charge is 0.291 e. The third-order valence-corrected chi connectivity index (χ3v) is 2.93. The van der Waals surface area contributed by atoms with Gasteiger partial charge in [-0.2, -0.15) is 0 Å². The second-order valence-electron chi connectivity index (χ2n) is 2.81. The fraction of sp³-hybridized carbons (Fsp3) is 0. The molecule has 0 amide bonds. The van der Waals surface area contributed by atoms with E-state index in [0.717, 1.165) is 0 Å². The number of aromatic amines is 1. The highest BCUT2D eigenvalue weighted by atomic mass is 79.9. The average Bonchev–Trinajstić information content (AvgIpc) is 2.14. The van der Waals surface area contributed by atoms with E-state index in [0.29, 0.717) is 20.4 Å².